The second-order valence-electron chi connectivity index (χ2n) is 7.46. The fourth-order valence-electron chi connectivity index (χ4n) is 3.91. The molecule has 0 saturated carbocycles. The van der Waals surface area contributed by atoms with Gasteiger partial charge < -0.3 is 4.74 Å². The predicted molar refractivity (Wildman–Crippen MR) is 117 cm³/mol. The van der Waals surface area contributed by atoms with Gasteiger partial charge in [-0.1, -0.05) is 36.7 Å². The van der Waals surface area contributed by atoms with Gasteiger partial charge in [0.15, 0.2) is 12.4 Å². The van der Waals surface area contributed by atoms with Crippen LogP contribution in [-0.2, 0) is 17.7 Å². The van der Waals surface area contributed by atoms with Crippen molar-refractivity contribution in [3.8, 4) is 0 Å². The van der Waals surface area contributed by atoms with E-state index in [-0.39, 0.29) is 12.4 Å². The van der Waals surface area contributed by atoms with Crippen LogP contribution in [0.1, 0.15) is 45.3 Å². The first-order valence-electron chi connectivity index (χ1n) is 10.2. The fraction of sp³-hybridized carbons (Fsp3) is 0.292. The Labute approximate surface area is 180 Å². The summed E-state index contributed by atoms with van der Waals surface area (Å²) < 4.78 is 5.48. The van der Waals surface area contributed by atoms with Crippen molar-refractivity contribution in [1.82, 2.24) is 9.88 Å². The number of Topliss-reactive ketones (excluding diaryl/α,β-unsaturated/α-hetero) is 1. The van der Waals surface area contributed by atoms with Gasteiger partial charge in [0, 0.05) is 46.7 Å². The summed E-state index contributed by atoms with van der Waals surface area (Å²) in [4.78, 5) is 32.7. The Hall–Kier alpha value is -2.76. The Balaban J connectivity index is 1.63. The molecule has 0 amide bonds. The molecule has 0 N–H and O–H groups in total. The van der Waals surface area contributed by atoms with Crippen LogP contribution in [0.15, 0.2) is 48.5 Å². The van der Waals surface area contributed by atoms with Crippen molar-refractivity contribution in [2.24, 2.45) is 0 Å². The lowest BCUT2D eigenvalue weighted by atomic mass is 9.95. The number of hydrogen-bond donors (Lipinski definition) is 0. The van der Waals surface area contributed by atoms with Crippen LogP contribution in [0.25, 0.3) is 10.9 Å². The molecule has 0 unspecified atom stereocenters. The molecule has 5 nitrogen and oxygen atoms in total. The van der Waals surface area contributed by atoms with Gasteiger partial charge in [0.05, 0.1) is 11.1 Å². The summed E-state index contributed by atoms with van der Waals surface area (Å²) in [6, 6.07) is 14.1. The van der Waals surface area contributed by atoms with E-state index in [4.69, 9.17) is 21.3 Å². The average Bonchev–Trinajstić information content (AvgIpc) is 2.76. The number of ether oxygens (including phenoxy) is 1. The highest BCUT2D eigenvalue weighted by Gasteiger charge is 2.26. The number of halogens is 1. The first kappa shape index (κ1) is 20.5. The van der Waals surface area contributed by atoms with Crippen molar-refractivity contribution in [2.75, 3.05) is 19.7 Å². The molecule has 3 aromatic rings. The number of nitrogens with zero attached hydrogens (tertiary/aromatic N) is 2. The molecule has 1 aromatic heterocycles. The van der Waals surface area contributed by atoms with Gasteiger partial charge in [0.1, 0.15) is 0 Å². The number of carbonyl (C=O) groups excluding carboxylic acids is 2. The van der Waals surface area contributed by atoms with Crippen LogP contribution in [0.5, 0.6) is 0 Å². The highest BCUT2D eigenvalue weighted by Crippen LogP contribution is 2.29. The Kier molecular flexibility index (Phi) is 6.11. The van der Waals surface area contributed by atoms with E-state index in [2.05, 4.69) is 11.8 Å². The molecule has 4 rings (SSSR count). The standard InChI is InChI=1S/C24H23ClN2O3/c1-2-12-27-13-11-21-19(14-27)23(18-5-3-4-6-20(18)26-21)24(29)30-15-22(28)16-7-9-17(25)10-8-16/h3-10H,2,11-15H2,1H3. The third kappa shape index (κ3) is 4.23. The number of carbonyl (C=O) groups is 2. The molecule has 2 heterocycles. The summed E-state index contributed by atoms with van der Waals surface area (Å²) in [5.74, 6) is -0.745. The largest absolute Gasteiger partial charge is 0.454 e. The van der Waals surface area contributed by atoms with Crippen molar-refractivity contribution in [3.63, 3.8) is 0 Å². The predicted octanol–water partition coefficient (Wildman–Crippen LogP) is 4.70. The zero-order chi connectivity index (χ0) is 21.1. The van der Waals surface area contributed by atoms with E-state index in [9.17, 15) is 9.59 Å². The van der Waals surface area contributed by atoms with Gasteiger partial charge in [0.2, 0.25) is 0 Å². The molecule has 0 atom stereocenters. The summed E-state index contributed by atoms with van der Waals surface area (Å²) in [5, 5.41) is 1.31. The lowest BCUT2D eigenvalue weighted by Crippen LogP contribution is -2.33. The highest BCUT2D eigenvalue weighted by atomic mass is 35.5. The summed E-state index contributed by atoms with van der Waals surface area (Å²) >= 11 is 5.87. The first-order valence-corrected chi connectivity index (χ1v) is 10.5. The Morgan fingerprint density at radius 3 is 2.67 bits per heavy atom. The smallest absolute Gasteiger partial charge is 0.339 e. The van der Waals surface area contributed by atoms with E-state index < -0.39 is 5.97 Å². The SMILES string of the molecule is CCCN1CCc2nc3ccccc3c(C(=O)OCC(=O)c3ccc(Cl)cc3)c2C1. The fourth-order valence-corrected chi connectivity index (χ4v) is 4.03. The number of hydrogen-bond acceptors (Lipinski definition) is 5. The normalized spacial score (nSPS) is 13.8. The third-order valence-electron chi connectivity index (χ3n) is 5.37. The van der Waals surface area contributed by atoms with Crippen LogP contribution in [0.4, 0.5) is 0 Å². The monoisotopic (exact) mass is 422 g/mol. The molecule has 0 bridgehead atoms. The average molecular weight is 423 g/mol. The van der Waals surface area contributed by atoms with E-state index in [1.165, 1.54) is 0 Å². The zero-order valence-electron chi connectivity index (χ0n) is 16.9. The molecule has 0 saturated heterocycles. The second-order valence-corrected chi connectivity index (χ2v) is 7.90. The Morgan fingerprint density at radius 1 is 1.13 bits per heavy atom. The molecule has 30 heavy (non-hydrogen) atoms. The molecule has 2 aromatic carbocycles. The van der Waals surface area contributed by atoms with Crippen LogP contribution >= 0.6 is 11.6 Å². The third-order valence-corrected chi connectivity index (χ3v) is 5.62. The Morgan fingerprint density at radius 2 is 1.90 bits per heavy atom. The molecule has 154 valence electrons. The molecule has 1 aliphatic heterocycles. The lowest BCUT2D eigenvalue weighted by Gasteiger charge is -2.29. The van der Waals surface area contributed by atoms with Crippen molar-refractivity contribution in [3.05, 3.63) is 75.9 Å². The second kappa shape index (κ2) is 8.94. The maximum Gasteiger partial charge on any atom is 0.339 e. The van der Waals surface area contributed by atoms with Gasteiger partial charge in [-0.05, 0) is 43.3 Å². The van der Waals surface area contributed by atoms with Crippen molar-refractivity contribution in [2.45, 2.75) is 26.3 Å². The highest BCUT2D eigenvalue weighted by molar-refractivity contribution is 6.30. The number of fused-ring (bicyclic) bond motifs is 2. The van der Waals surface area contributed by atoms with Crippen LogP contribution in [-0.4, -0.2) is 41.3 Å². The van der Waals surface area contributed by atoms with Gasteiger partial charge >= 0.3 is 5.97 Å². The number of esters is 1. The molecule has 1 aliphatic rings. The minimum atomic E-state index is -0.481. The first-order chi connectivity index (χ1) is 14.6. The van der Waals surface area contributed by atoms with Gasteiger partial charge in [-0.15, -0.1) is 0 Å². The summed E-state index contributed by atoms with van der Waals surface area (Å²) in [6.07, 6.45) is 1.84. The summed E-state index contributed by atoms with van der Waals surface area (Å²) in [6.45, 7) is 4.39. The quantitative estimate of drug-likeness (QED) is 0.426. The molecule has 0 spiro atoms. The van der Waals surface area contributed by atoms with Crippen molar-refractivity contribution >= 4 is 34.3 Å². The molecule has 0 radical (unpaired) electrons. The van der Waals surface area contributed by atoms with E-state index >= 15 is 0 Å². The lowest BCUT2D eigenvalue weighted by molar-refractivity contribution is 0.0474. The van der Waals surface area contributed by atoms with E-state index in [0.717, 1.165) is 48.1 Å². The van der Waals surface area contributed by atoms with E-state index in [1.807, 2.05) is 24.3 Å². The molecule has 0 fully saturated rings. The number of aromatic nitrogens is 1. The number of para-hydroxylation sites is 1. The topological polar surface area (TPSA) is 59.5 Å². The van der Waals surface area contributed by atoms with Gasteiger partial charge in [-0.25, -0.2) is 4.79 Å². The number of benzene rings is 2. The molecule has 0 aliphatic carbocycles. The van der Waals surface area contributed by atoms with Crippen molar-refractivity contribution < 1.29 is 14.3 Å². The zero-order valence-corrected chi connectivity index (χ0v) is 17.6. The number of rotatable bonds is 6. The minimum absolute atomic E-state index is 0.264. The van der Waals surface area contributed by atoms with Crippen LogP contribution in [0.3, 0.4) is 0 Å². The van der Waals surface area contributed by atoms with Crippen LogP contribution < -0.4 is 0 Å². The van der Waals surface area contributed by atoms with E-state index in [0.29, 0.717) is 22.7 Å². The summed E-state index contributed by atoms with van der Waals surface area (Å²) in [5.41, 5.74) is 3.62. The maximum atomic E-state index is 13.1. The minimum Gasteiger partial charge on any atom is -0.454 e. The van der Waals surface area contributed by atoms with Gasteiger partial charge in [-0.3, -0.25) is 14.7 Å². The molecule has 6 heteroatoms. The van der Waals surface area contributed by atoms with Crippen molar-refractivity contribution in [1.29, 1.82) is 0 Å². The Bertz CT molecular complexity index is 1100. The number of ketones is 1. The van der Waals surface area contributed by atoms with E-state index in [1.54, 1.807) is 24.3 Å². The molecular weight excluding hydrogens is 400 g/mol. The molecular formula is C24H23ClN2O3. The van der Waals surface area contributed by atoms with Gasteiger partial charge in [-0.2, -0.15) is 0 Å². The van der Waals surface area contributed by atoms with Gasteiger partial charge in [0.25, 0.3) is 0 Å². The maximum absolute atomic E-state index is 13.1. The van der Waals surface area contributed by atoms with Crippen LogP contribution in [0, 0.1) is 0 Å². The number of pyridine rings is 1. The summed E-state index contributed by atoms with van der Waals surface area (Å²) in [7, 11) is 0. The van der Waals surface area contributed by atoms with Crippen LogP contribution in [0.2, 0.25) is 5.02 Å².